The number of fused-ring (bicyclic) bond motifs is 2. The molecule has 0 bridgehead atoms. The van der Waals surface area contributed by atoms with E-state index in [1.165, 1.54) is 4.90 Å². The van der Waals surface area contributed by atoms with Crippen LogP contribution in [-0.4, -0.2) is 36.0 Å². The van der Waals surface area contributed by atoms with Crippen molar-refractivity contribution >= 4 is 22.6 Å². The summed E-state index contributed by atoms with van der Waals surface area (Å²) < 4.78 is 5.50. The van der Waals surface area contributed by atoms with Gasteiger partial charge in [-0.15, -0.1) is 0 Å². The van der Waals surface area contributed by atoms with Crippen molar-refractivity contribution in [3.63, 3.8) is 0 Å². The number of ether oxygens (including phenoxy) is 1. The van der Waals surface area contributed by atoms with Crippen LogP contribution in [0.25, 0.3) is 10.8 Å². The molecule has 2 aliphatic heterocycles. The Kier molecular flexibility index (Phi) is 3.40. The summed E-state index contributed by atoms with van der Waals surface area (Å²) in [6.45, 7) is 1.02. The minimum Gasteiger partial charge on any atom is -0.372 e. The van der Waals surface area contributed by atoms with Crippen molar-refractivity contribution in [2.45, 2.75) is 12.0 Å². The third kappa shape index (κ3) is 2.42. The molecule has 1 saturated heterocycles. The highest BCUT2D eigenvalue weighted by atomic mass is 16.6. The Balaban J connectivity index is 1.51. The lowest BCUT2D eigenvalue weighted by Gasteiger charge is -2.21. The average Bonchev–Trinajstić information content (AvgIpc) is 3.49. The van der Waals surface area contributed by atoms with Gasteiger partial charge in [-0.3, -0.25) is 14.5 Å². The van der Waals surface area contributed by atoms with Gasteiger partial charge in [0.1, 0.15) is 0 Å². The maximum absolute atomic E-state index is 12.9. The number of hydrogen-bond donors (Lipinski definition) is 0. The highest BCUT2D eigenvalue weighted by Crippen LogP contribution is 2.34. The number of rotatable bonds is 4. The molecule has 2 atom stereocenters. The summed E-state index contributed by atoms with van der Waals surface area (Å²) >= 11 is 0. The third-order valence-corrected chi connectivity index (χ3v) is 5.25. The van der Waals surface area contributed by atoms with Crippen LogP contribution in [0.3, 0.4) is 0 Å². The quantitative estimate of drug-likeness (QED) is 0.537. The van der Waals surface area contributed by atoms with E-state index in [1.807, 2.05) is 66.7 Å². The van der Waals surface area contributed by atoms with Gasteiger partial charge in [0.15, 0.2) is 0 Å². The van der Waals surface area contributed by atoms with E-state index in [1.54, 1.807) is 0 Å². The van der Waals surface area contributed by atoms with Crippen LogP contribution in [0.4, 0.5) is 0 Å². The molecule has 2 amide bonds. The fraction of sp³-hybridized carbons (Fsp3) is 0.182. The number of benzene rings is 3. The van der Waals surface area contributed by atoms with E-state index >= 15 is 0 Å². The largest absolute Gasteiger partial charge is 0.372 e. The van der Waals surface area contributed by atoms with E-state index in [4.69, 9.17) is 4.74 Å². The van der Waals surface area contributed by atoms with E-state index in [-0.39, 0.29) is 23.8 Å². The molecule has 2 heterocycles. The van der Waals surface area contributed by atoms with Crippen molar-refractivity contribution in [3.05, 3.63) is 83.4 Å². The summed E-state index contributed by atoms with van der Waals surface area (Å²) in [4.78, 5) is 27.2. The molecule has 0 spiro atoms. The van der Waals surface area contributed by atoms with Gasteiger partial charge in [0.05, 0.1) is 23.8 Å². The highest BCUT2D eigenvalue weighted by Gasteiger charge is 2.41. The van der Waals surface area contributed by atoms with Crippen molar-refractivity contribution in [2.75, 3.05) is 13.2 Å². The molecular formula is C22H17NO3. The summed E-state index contributed by atoms with van der Waals surface area (Å²) in [5, 5.41) is 1.94. The molecule has 0 saturated carbocycles. The van der Waals surface area contributed by atoms with Gasteiger partial charge in [0.25, 0.3) is 11.8 Å². The second kappa shape index (κ2) is 5.78. The molecular weight excluding hydrogens is 326 g/mol. The predicted octanol–water partition coefficient (Wildman–Crippen LogP) is 3.62. The zero-order chi connectivity index (χ0) is 17.7. The lowest BCUT2D eigenvalue weighted by molar-refractivity contribution is 0.0639. The van der Waals surface area contributed by atoms with Gasteiger partial charge in [0, 0.05) is 12.5 Å². The molecule has 1 fully saturated rings. The van der Waals surface area contributed by atoms with Crippen LogP contribution in [-0.2, 0) is 4.74 Å². The van der Waals surface area contributed by atoms with E-state index < -0.39 is 0 Å². The maximum Gasteiger partial charge on any atom is 0.261 e. The fourth-order valence-electron chi connectivity index (χ4n) is 3.77. The molecule has 5 rings (SSSR count). The van der Waals surface area contributed by atoms with Crippen LogP contribution in [0, 0.1) is 0 Å². The van der Waals surface area contributed by atoms with Crippen molar-refractivity contribution in [1.82, 2.24) is 4.90 Å². The number of imide groups is 1. The zero-order valence-corrected chi connectivity index (χ0v) is 14.1. The van der Waals surface area contributed by atoms with Crippen LogP contribution >= 0.6 is 0 Å². The number of epoxide rings is 1. The van der Waals surface area contributed by atoms with Gasteiger partial charge in [-0.25, -0.2) is 0 Å². The Morgan fingerprint density at radius 2 is 1.42 bits per heavy atom. The lowest BCUT2D eigenvalue weighted by atomic mass is 9.95. The molecule has 4 nitrogen and oxygen atoms in total. The molecule has 0 N–H and O–H groups in total. The van der Waals surface area contributed by atoms with E-state index in [9.17, 15) is 9.59 Å². The summed E-state index contributed by atoms with van der Waals surface area (Å²) in [7, 11) is 0. The standard InChI is InChI=1S/C22H17NO3/c24-21-17-10-15-8-4-5-9-16(15)11-18(17)22(25)23(21)12-19(20-13-26-20)14-6-2-1-3-7-14/h1-11,19-20H,12-13H2. The summed E-state index contributed by atoms with van der Waals surface area (Å²) in [5.74, 6) is -0.414. The first-order valence-electron chi connectivity index (χ1n) is 8.78. The van der Waals surface area contributed by atoms with Crippen molar-refractivity contribution < 1.29 is 14.3 Å². The Bertz CT molecular complexity index is 969. The Morgan fingerprint density at radius 1 is 0.885 bits per heavy atom. The minimum absolute atomic E-state index is 0.00725. The lowest BCUT2D eigenvalue weighted by Crippen LogP contribution is -2.35. The van der Waals surface area contributed by atoms with Crippen LogP contribution in [0.5, 0.6) is 0 Å². The smallest absolute Gasteiger partial charge is 0.261 e. The van der Waals surface area contributed by atoms with Gasteiger partial charge in [-0.05, 0) is 28.5 Å². The van der Waals surface area contributed by atoms with Crippen molar-refractivity contribution in [3.8, 4) is 0 Å². The molecule has 2 unspecified atom stereocenters. The number of carbonyl (C=O) groups excluding carboxylic acids is 2. The second-order valence-corrected chi connectivity index (χ2v) is 6.85. The first-order valence-corrected chi connectivity index (χ1v) is 8.78. The van der Waals surface area contributed by atoms with E-state index in [2.05, 4.69) is 0 Å². The molecule has 26 heavy (non-hydrogen) atoms. The zero-order valence-electron chi connectivity index (χ0n) is 14.1. The number of nitrogens with zero attached hydrogens (tertiary/aromatic N) is 1. The van der Waals surface area contributed by atoms with Gasteiger partial charge in [0.2, 0.25) is 0 Å². The number of carbonyl (C=O) groups is 2. The number of hydrogen-bond acceptors (Lipinski definition) is 3. The SMILES string of the molecule is O=C1c2cc3ccccc3cc2C(=O)N1CC(c1ccccc1)C1CO1. The highest BCUT2D eigenvalue weighted by molar-refractivity contribution is 6.23. The van der Waals surface area contributed by atoms with Gasteiger partial charge < -0.3 is 4.74 Å². The molecule has 0 radical (unpaired) electrons. The fourth-order valence-corrected chi connectivity index (χ4v) is 3.77. The van der Waals surface area contributed by atoms with Crippen molar-refractivity contribution in [1.29, 1.82) is 0 Å². The molecule has 4 heteroatoms. The Labute approximate surface area is 151 Å². The van der Waals surface area contributed by atoms with Gasteiger partial charge in [-0.2, -0.15) is 0 Å². The summed E-state index contributed by atoms with van der Waals surface area (Å²) in [6, 6.07) is 21.4. The Morgan fingerprint density at radius 3 is 1.96 bits per heavy atom. The van der Waals surface area contributed by atoms with E-state index in [0.717, 1.165) is 16.3 Å². The molecule has 0 aromatic heterocycles. The second-order valence-electron chi connectivity index (χ2n) is 6.85. The summed E-state index contributed by atoms with van der Waals surface area (Å²) in [5.41, 5.74) is 2.09. The first-order chi connectivity index (χ1) is 12.7. The minimum atomic E-state index is -0.211. The topological polar surface area (TPSA) is 49.9 Å². The van der Waals surface area contributed by atoms with Crippen LogP contribution in [0.1, 0.15) is 32.2 Å². The van der Waals surface area contributed by atoms with Gasteiger partial charge >= 0.3 is 0 Å². The Hall–Kier alpha value is -2.98. The molecule has 2 aliphatic rings. The summed E-state index contributed by atoms with van der Waals surface area (Å²) in [6.07, 6.45) is 0.0702. The van der Waals surface area contributed by atoms with Crippen LogP contribution < -0.4 is 0 Å². The molecule has 128 valence electrons. The van der Waals surface area contributed by atoms with Gasteiger partial charge in [-0.1, -0.05) is 54.6 Å². The van der Waals surface area contributed by atoms with E-state index in [0.29, 0.717) is 24.3 Å². The molecule has 0 aliphatic carbocycles. The number of amides is 2. The van der Waals surface area contributed by atoms with Crippen molar-refractivity contribution in [2.24, 2.45) is 0 Å². The maximum atomic E-state index is 12.9. The molecule has 3 aromatic carbocycles. The third-order valence-electron chi connectivity index (χ3n) is 5.25. The molecule has 3 aromatic rings. The van der Waals surface area contributed by atoms with Crippen LogP contribution in [0.2, 0.25) is 0 Å². The normalized spacial score (nSPS) is 19.7. The predicted molar refractivity (Wildman–Crippen MR) is 98.2 cm³/mol. The average molecular weight is 343 g/mol. The monoisotopic (exact) mass is 343 g/mol. The van der Waals surface area contributed by atoms with Crippen LogP contribution in [0.15, 0.2) is 66.7 Å². The first kappa shape index (κ1) is 15.3.